The smallest absolute Gasteiger partial charge is 0.240 e. The number of carbonyl (C=O) groups is 2. The Labute approximate surface area is 229 Å². The number of rotatable bonds is 9. The van der Waals surface area contributed by atoms with Gasteiger partial charge in [0.25, 0.3) is 0 Å². The molecule has 0 radical (unpaired) electrons. The van der Waals surface area contributed by atoms with Crippen LogP contribution in [0.15, 0.2) is 60.8 Å². The Bertz CT molecular complexity index is 1600. The van der Waals surface area contributed by atoms with E-state index in [1.807, 2.05) is 0 Å². The minimum absolute atomic E-state index is 0.0711. The maximum Gasteiger partial charge on any atom is 0.240 e. The molecule has 0 aliphatic heterocycles. The maximum atomic E-state index is 15.1. The molecule has 1 aliphatic rings. The average Bonchev–Trinajstić information content (AvgIpc) is 3.77. The second kappa shape index (κ2) is 10.8. The zero-order valence-electron chi connectivity index (χ0n) is 22.1. The molecule has 0 saturated heterocycles. The number of halogens is 2. The van der Waals surface area contributed by atoms with Crippen LogP contribution in [0.3, 0.4) is 0 Å². The number of nitrogens with zero attached hydrogens (tertiary/aromatic N) is 1. The van der Waals surface area contributed by atoms with Gasteiger partial charge in [-0.25, -0.2) is 8.78 Å². The molecule has 0 atom stereocenters. The molecule has 0 bridgehead atoms. The molecule has 5 rings (SSSR count). The summed E-state index contributed by atoms with van der Waals surface area (Å²) in [6.45, 7) is 1.66. The number of fused-ring (bicyclic) bond motifs is 1. The molecule has 10 heteroatoms. The van der Waals surface area contributed by atoms with E-state index < -0.39 is 28.9 Å². The molecule has 40 heavy (non-hydrogen) atoms. The van der Waals surface area contributed by atoms with Gasteiger partial charge in [0, 0.05) is 34.6 Å². The Balaban J connectivity index is 1.29. The first kappa shape index (κ1) is 26.9. The van der Waals surface area contributed by atoms with Crippen molar-refractivity contribution in [1.82, 2.24) is 4.98 Å². The van der Waals surface area contributed by atoms with E-state index in [1.54, 1.807) is 37.4 Å². The van der Waals surface area contributed by atoms with Crippen LogP contribution in [-0.4, -0.2) is 31.0 Å². The Morgan fingerprint density at radius 1 is 0.900 bits per heavy atom. The first-order chi connectivity index (χ1) is 19.2. The molecule has 3 aromatic carbocycles. The third-order valence-corrected chi connectivity index (χ3v) is 6.95. The van der Waals surface area contributed by atoms with Crippen molar-refractivity contribution in [3.8, 4) is 17.2 Å². The van der Waals surface area contributed by atoms with Gasteiger partial charge >= 0.3 is 0 Å². The van der Waals surface area contributed by atoms with Crippen LogP contribution in [0.1, 0.15) is 24.0 Å². The first-order valence-electron chi connectivity index (χ1n) is 12.5. The van der Waals surface area contributed by atoms with Crippen molar-refractivity contribution in [2.75, 3.05) is 24.9 Å². The number of ether oxygens (including phenoxy) is 3. The molecular weight excluding hydrogens is 520 g/mol. The van der Waals surface area contributed by atoms with E-state index >= 15 is 4.39 Å². The zero-order valence-corrected chi connectivity index (χ0v) is 22.1. The quantitative estimate of drug-likeness (QED) is 0.258. The van der Waals surface area contributed by atoms with Crippen molar-refractivity contribution in [1.29, 1.82) is 0 Å². The van der Waals surface area contributed by atoms with Gasteiger partial charge in [-0.1, -0.05) is 0 Å². The Hall–Kier alpha value is -4.73. The summed E-state index contributed by atoms with van der Waals surface area (Å²) < 4.78 is 44.9. The zero-order chi connectivity index (χ0) is 28.4. The molecular formula is C30H27F2N3O5. The largest absolute Gasteiger partial charge is 0.493 e. The summed E-state index contributed by atoms with van der Waals surface area (Å²) in [6.07, 6.45) is 2.30. The molecule has 4 aromatic rings. The average molecular weight is 548 g/mol. The highest BCUT2D eigenvalue weighted by Gasteiger charge is 2.56. The molecule has 1 aliphatic carbocycles. The van der Waals surface area contributed by atoms with Crippen LogP contribution < -0.4 is 24.8 Å². The molecule has 8 nitrogen and oxygen atoms in total. The summed E-state index contributed by atoms with van der Waals surface area (Å²) in [5.41, 5.74) is 0.910. The maximum absolute atomic E-state index is 15.1. The number of aromatic nitrogens is 1. The van der Waals surface area contributed by atoms with Crippen molar-refractivity contribution in [2.45, 2.75) is 26.4 Å². The topological polar surface area (TPSA) is 98.8 Å². The summed E-state index contributed by atoms with van der Waals surface area (Å²) in [5.74, 6) is -0.486. The van der Waals surface area contributed by atoms with Crippen LogP contribution in [-0.2, 0) is 16.2 Å². The Kier molecular flexibility index (Phi) is 7.25. The van der Waals surface area contributed by atoms with Crippen molar-refractivity contribution in [2.24, 2.45) is 5.41 Å². The Morgan fingerprint density at radius 2 is 1.57 bits per heavy atom. The van der Waals surface area contributed by atoms with Gasteiger partial charge in [0.15, 0.2) is 11.5 Å². The fourth-order valence-corrected chi connectivity index (χ4v) is 4.42. The standard InChI is InChI=1S/C30H27F2N3O5/c1-17-12-18(16-40-25-8-11-33-24-15-27(39-3)26(38-2)13-21(24)25)22(32)14-23(17)35-29(37)30(9-10-30)28(36)34-20-6-4-19(31)5-7-20/h4-8,11-15H,9-10,16H2,1-3H3,(H,34,36)(H,35,37). The van der Waals surface area contributed by atoms with Gasteiger partial charge in [-0.2, -0.15) is 0 Å². The number of anilines is 2. The molecule has 1 saturated carbocycles. The number of carbonyl (C=O) groups excluding carboxylic acids is 2. The van der Waals surface area contributed by atoms with Crippen LogP contribution in [0.25, 0.3) is 10.9 Å². The van der Waals surface area contributed by atoms with E-state index in [0.717, 1.165) is 0 Å². The molecule has 1 heterocycles. The molecule has 206 valence electrons. The van der Waals surface area contributed by atoms with Crippen molar-refractivity contribution < 1.29 is 32.6 Å². The molecule has 2 amide bonds. The van der Waals surface area contributed by atoms with E-state index in [0.29, 0.717) is 52.2 Å². The fourth-order valence-electron chi connectivity index (χ4n) is 4.42. The highest BCUT2D eigenvalue weighted by atomic mass is 19.1. The van der Waals surface area contributed by atoms with Gasteiger partial charge in [0.05, 0.1) is 19.7 Å². The van der Waals surface area contributed by atoms with Gasteiger partial charge in [0.1, 0.15) is 29.4 Å². The van der Waals surface area contributed by atoms with Gasteiger partial charge in [0.2, 0.25) is 11.8 Å². The summed E-state index contributed by atoms with van der Waals surface area (Å²) in [7, 11) is 3.07. The lowest BCUT2D eigenvalue weighted by Gasteiger charge is -2.18. The second-order valence-electron chi connectivity index (χ2n) is 9.58. The second-order valence-corrected chi connectivity index (χ2v) is 9.58. The van der Waals surface area contributed by atoms with Gasteiger partial charge in [-0.15, -0.1) is 0 Å². The number of aryl methyl sites for hydroxylation is 1. The molecule has 1 fully saturated rings. The van der Waals surface area contributed by atoms with Crippen molar-refractivity contribution in [3.05, 3.63) is 83.6 Å². The molecule has 2 N–H and O–H groups in total. The third kappa shape index (κ3) is 5.25. The van der Waals surface area contributed by atoms with E-state index in [1.165, 1.54) is 44.6 Å². The van der Waals surface area contributed by atoms with Crippen LogP contribution in [0.5, 0.6) is 17.2 Å². The van der Waals surface area contributed by atoms with Gasteiger partial charge in [-0.3, -0.25) is 14.6 Å². The van der Waals surface area contributed by atoms with E-state index in [-0.39, 0.29) is 17.9 Å². The first-order valence-corrected chi connectivity index (χ1v) is 12.5. The number of hydrogen-bond donors (Lipinski definition) is 2. The van der Waals surface area contributed by atoms with Crippen LogP contribution in [0, 0.1) is 24.0 Å². The number of pyridine rings is 1. The fraction of sp³-hybridized carbons (Fsp3) is 0.233. The normalized spacial score (nSPS) is 13.4. The van der Waals surface area contributed by atoms with E-state index in [4.69, 9.17) is 14.2 Å². The summed E-state index contributed by atoms with van der Waals surface area (Å²) >= 11 is 0. The van der Waals surface area contributed by atoms with Gasteiger partial charge < -0.3 is 24.8 Å². The molecule has 0 spiro atoms. The molecule has 1 aromatic heterocycles. The van der Waals surface area contributed by atoms with E-state index in [2.05, 4.69) is 15.6 Å². The number of benzene rings is 3. The molecule has 0 unspecified atom stereocenters. The van der Waals surface area contributed by atoms with Crippen LogP contribution >= 0.6 is 0 Å². The minimum atomic E-state index is -1.26. The number of hydrogen-bond acceptors (Lipinski definition) is 6. The Morgan fingerprint density at radius 3 is 2.25 bits per heavy atom. The van der Waals surface area contributed by atoms with E-state index in [9.17, 15) is 14.0 Å². The predicted octanol–water partition coefficient (Wildman–Crippen LogP) is 5.78. The summed E-state index contributed by atoms with van der Waals surface area (Å²) in [5, 5.41) is 6.04. The SMILES string of the molecule is COc1cc2nccc(OCc3cc(C)c(NC(=O)C4(C(=O)Nc5ccc(F)cc5)CC4)cc3F)c2cc1OC. The predicted molar refractivity (Wildman–Crippen MR) is 146 cm³/mol. The lowest BCUT2D eigenvalue weighted by molar-refractivity contribution is -0.131. The third-order valence-electron chi connectivity index (χ3n) is 6.95. The monoisotopic (exact) mass is 547 g/mol. The van der Waals surface area contributed by atoms with Crippen LogP contribution in [0.2, 0.25) is 0 Å². The van der Waals surface area contributed by atoms with Crippen molar-refractivity contribution >= 4 is 34.1 Å². The number of methoxy groups -OCH3 is 2. The highest BCUT2D eigenvalue weighted by Crippen LogP contribution is 2.47. The lowest BCUT2D eigenvalue weighted by atomic mass is 10.0. The summed E-state index contributed by atoms with van der Waals surface area (Å²) in [6, 6.07) is 13.3. The van der Waals surface area contributed by atoms with Gasteiger partial charge in [-0.05, 0) is 73.9 Å². The highest BCUT2D eigenvalue weighted by molar-refractivity contribution is 6.17. The number of nitrogens with one attached hydrogen (secondary N) is 2. The van der Waals surface area contributed by atoms with Crippen LogP contribution in [0.4, 0.5) is 20.2 Å². The number of amides is 2. The van der Waals surface area contributed by atoms with Crippen molar-refractivity contribution in [3.63, 3.8) is 0 Å². The minimum Gasteiger partial charge on any atom is -0.493 e. The lowest BCUT2D eigenvalue weighted by Crippen LogP contribution is -2.35. The summed E-state index contributed by atoms with van der Waals surface area (Å²) in [4.78, 5) is 30.2.